The lowest BCUT2D eigenvalue weighted by molar-refractivity contribution is -0.121. The van der Waals surface area contributed by atoms with E-state index in [0.29, 0.717) is 28.6 Å². The van der Waals surface area contributed by atoms with Crippen LogP contribution in [-0.2, 0) is 11.3 Å². The molecular weight excluding hydrogens is 462 g/mol. The van der Waals surface area contributed by atoms with Gasteiger partial charge in [0.2, 0.25) is 5.91 Å². The number of aryl methyl sites for hydroxylation is 1. The fourth-order valence-electron chi connectivity index (χ4n) is 4.44. The molecule has 0 bridgehead atoms. The number of fused-ring (bicyclic) bond motifs is 1. The number of carbonyl (C=O) groups is 1. The minimum atomic E-state index is -0.225. The Morgan fingerprint density at radius 1 is 1.06 bits per heavy atom. The Bertz CT molecular complexity index is 1380. The number of likely N-dealkylation sites (N-methyl/N-ethyl adjacent to an activating group) is 1. The molecule has 182 valence electrons. The monoisotopic (exact) mass is 491 g/mol. The van der Waals surface area contributed by atoms with Crippen LogP contribution < -0.4 is 10.9 Å². The van der Waals surface area contributed by atoms with Crippen LogP contribution in [0.3, 0.4) is 0 Å². The maximum atomic E-state index is 13.1. The van der Waals surface area contributed by atoms with Gasteiger partial charge < -0.3 is 9.88 Å². The highest BCUT2D eigenvalue weighted by molar-refractivity contribution is 6.31. The Morgan fingerprint density at radius 2 is 1.74 bits per heavy atom. The first-order valence-electron chi connectivity index (χ1n) is 11.8. The van der Waals surface area contributed by atoms with Crippen molar-refractivity contribution < 1.29 is 4.79 Å². The molecule has 0 spiro atoms. The third kappa shape index (κ3) is 5.31. The largest absolute Gasteiger partial charge is 0.353 e. The molecule has 7 nitrogen and oxygen atoms in total. The zero-order valence-corrected chi connectivity index (χ0v) is 21.0. The molecule has 1 atom stereocenters. The van der Waals surface area contributed by atoms with E-state index < -0.39 is 0 Å². The van der Waals surface area contributed by atoms with Gasteiger partial charge in [0, 0.05) is 35.0 Å². The molecule has 0 aliphatic carbocycles. The minimum Gasteiger partial charge on any atom is -0.353 e. The highest BCUT2D eigenvalue weighted by Crippen LogP contribution is 2.27. The predicted octanol–water partition coefficient (Wildman–Crippen LogP) is 4.32. The molecule has 2 heterocycles. The summed E-state index contributed by atoms with van der Waals surface area (Å²) in [6.07, 6.45) is 0. The van der Waals surface area contributed by atoms with Gasteiger partial charge in [0.05, 0.1) is 11.7 Å². The van der Waals surface area contributed by atoms with Crippen molar-refractivity contribution in [2.45, 2.75) is 33.4 Å². The van der Waals surface area contributed by atoms with Crippen LogP contribution in [0.4, 0.5) is 0 Å². The van der Waals surface area contributed by atoms with Gasteiger partial charge in [-0.1, -0.05) is 74.0 Å². The van der Waals surface area contributed by atoms with Crippen molar-refractivity contribution in [2.75, 3.05) is 19.6 Å². The van der Waals surface area contributed by atoms with Crippen LogP contribution in [0.5, 0.6) is 0 Å². The fourth-order valence-corrected chi connectivity index (χ4v) is 4.70. The second-order valence-corrected chi connectivity index (χ2v) is 8.85. The van der Waals surface area contributed by atoms with Gasteiger partial charge in [-0.2, -0.15) is 9.61 Å². The first-order valence-corrected chi connectivity index (χ1v) is 12.2. The molecule has 2 aromatic carbocycles. The van der Waals surface area contributed by atoms with E-state index in [4.69, 9.17) is 11.6 Å². The maximum absolute atomic E-state index is 13.1. The van der Waals surface area contributed by atoms with Crippen LogP contribution in [0, 0.1) is 6.92 Å². The van der Waals surface area contributed by atoms with Crippen molar-refractivity contribution in [3.05, 3.63) is 93.4 Å². The van der Waals surface area contributed by atoms with Crippen molar-refractivity contribution in [2.24, 2.45) is 0 Å². The summed E-state index contributed by atoms with van der Waals surface area (Å²) in [6.45, 7) is 8.18. The zero-order chi connectivity index (χ0) is 24.9. The van der Waals surface area contributed by atoms with Gasteiger partial charge in [0.25, 0.3) is 5.56 Å². The van der Waals surface area contributed by atoms with Crippen molar-refractivity contribution in [3.63, 3.8) is 0 Å². The number of halogens is 1. The number of hydrogen-bond acceptors (Lipinski definition) is 4. The molecule has 0 radical (unpaired) electrons. The van der Waals surface area contributed by atoms with Crippen molar-refractivity contribution >= 4 is 23.2 Å². The molecule has 4 aromatic rings. The van der Waals surface area contributed by atoms with Crippen LogP contribution in [0.2, 0.25) is 5.02 Å². The van der Waals surface area contributed by atoms with E-state index in [1.807, 2.05) is 72.2 Å². The summed E-state index contributed by atoms with van der Waals surface area (Å²) >= 11 is 6.49. The number of aromatic nitrogens is 3. The predicted molar refractivity (Wildman–Crippen MR) is 140 cm³/mol. The first-order chi connectivity index (χ1) is 16.9. The molecule has 1 amide bonds. The van der Waals surface area contributed by atoms with E-state index in [0.717, 1.165) is 24.2 Å². The summed E-state index contributed by atoms with van der Waals surface area (Å²) in [5.74, 6) is -0.148. The third-order valence-electron chi connectivity index (χ3n) is 6.32. The Labute approximate surface area is 210 Å². The standard InChI is InChI=1S/C27H30ClN5O2/c1-4-31(5-2)24(21-13-9-10-14-22(21)28)17-29-25(34)18-32-19(3)15-27(35)33-26(32)16-23(30-33)20-11-7-6-8-12-20/h6-16,24H,4-5,17-18H2,1-3H3,(H,29,34)/t24-/m0/s1. The number of nitrogens with one attached hydrogen (secondary N) is 1. The molecule has 0 saturated heterocycles. The smallest absolute Gasteiger partial charge is 0.274 e. The maximum Gasteiger partial charge on any atom is 0.274 e. The van der Waals surface area contributed by atoms with E-state index in [1.54, 1.807) is 0 Å². The lowest BCUT2D eigenvalue weighted by Crippen LogP contribution is -2.39. The molecule has 0 aliphatic rings. The van der Waals surface area contributed by atoms with Crippen LogP contribution >= 0.6 is 11.6 Å². The SMILES string of the molecule is CCN(CC)[C@@H](CNC(=O)Cn1c(C)cc(=O)n2nc(-c3ccccc3)cc12)c1ccccc1Cl. The molecule has 2 aromatic heterocycles. The van der Waals surface area contributed by atoms with Crippen LogP contribution in [0.25, 0.3) is 16.9 Å². The normalized spacial score (nSPS) is 12.3. The van der Waals surface area contributed by atoms with Gasteiger partial charge in [0.1, 0.15) is 12.2 Å². The number of amides is 1. The van der Waals surface area contributed by atoms with E-state index in [-0.39, 0.29) is 24.1 Å². The molecule has 35 heavy (non-hydrogen) atoms. The zero-order valence-electron chi connectivity index (χ0n) is 20.2. The quantitative estimate of drug-likeness (QED) is 0.378. The van der Waals surface area contributed by atoms with E-state index >= 15 is 0 Å². The summed E-state index contributed by atoms with van der Waals surface area (Å²) in [4.78, 5) is 28.0. The average Bonchev–Trinajstić information content (AvgIpc) is 3.32. The molecule has 1 N–H and O–H groups in total. The Balaban J connectivity index is 1.59. The van der Waals surface area contributed by atoms with Gasteiger partial charge in [-0.05, 0) is 31.6 Å². The fraction of sp³-hybridized carbons (Fsp3) is 0.296. The summed E-state index contributed by atoms with van der Waals surface area (Å²) in [5, 5.41) is 8.26. The van der Waals surface area contributed by atoms with Crippen LogP contribution in [0.1, 0.15) is 31.1 Å². The highest BCUT2D eigenvalue weighted by Gasteiger charge is 2.21. The number of rotatable bonds is 9. The molecule has 0 fully saturated rings. The lowest BCUT2D eigenvalue weighted by atomic mass is 10.0. The number of nitrogens with zero attached hydrogens (tertiary/aromatic N) is 4. The summed E-state index contributed by atoms with van der Waals surface area (Å²) in [7, 11) is 0. The van der Waals surface area contributed by atoms with E-state index in [1.165, 1.54) is 10.6 Å². The Hall–Kier alpha value is -3.42. The van der Waals surface area contributed by atoms with Crippen LogP contribution in [0.15, 0.2) is 71.5 Å². The summed E-state index contributed by atoms with van der Waals surface area (Å²) in [5.41, 5.74) is 3.63. The van der Waals surface area contributed by atoms with Gasteiger partial charge in [-0.15, -0.1) is 0 Å². The van der Waals surface area contributed by atoms with Crippen molar-refractivity contribution in [1.82, 2.24) is 24.4 Å². The average molecular weight is 492 g/mol. The Kier molecular flexibility index (Phi) is 7.68. The molecular formula is C27H30ClN5O2. The van der Waals surface area contributed by atoms with Gasteiger partial charge in [-0.25, -0.2) is 0 Å². The topological polar surface area (TPSA) is 71.6 Å². The number of hydrogen-bond donors (Lipinski definition) is 1. The highest BCUT2D eigenvalue weighted by atomic mass is 35.5. The molecule has 0 saturated carbocycles. The van der Waals surface area contributed by atoms with E-state index in [9.17, 15) is 9.59 Å². The second-order valence-electron chi connectivity index (χ2n) is 8.44. The van der Waals surface area contributed by atoms with Gasteiger partial charge >= 0.3 is 0 Å². The molecule has 0 unspecified atom stereocenters. The Morgan fingerprint density at radius 3 is 2.43 bits per heavy atom. The summed E-state index contributed by atoms with van der Waals surface area (Å²) in [6, 6.07) is 20.7. The number of benzene rings is 2. The first kappa shape index (κ1) is 24.7. The second kappa shape index (κ2) is 10.9. The van der Waals surface area contributed by atoms with Gasteiger partial charge in [0.15, 0.2) is 0 Å². The summed E-state index contributed by atoms with van der Waals surface area (Å²) < 4.78 is 3.17. The molecule has 4 rings (SSSR count). The minimum absolute atomic E-state index is 0.0440. The van der Waals surface area contributed by atoms with Crippen molar-refractivity contribution in [3.8, 4) is 11.3 Å². The molecule has 8 heteroatoms. The van der Waals surface area contributed by atoms with E-state index in [2.05, 4.69) is 29.2 Å². The van der Waals surface area contributed by atoms with Crippen LogP contribution in [-0.4, -0.2) is 44.6 Å². The third-order valence-corrected chi connectivity index (χ3v) is 6.66. The lowest BCUT2D eigenvalue weighted by Gasteiger charge is -2.31. The van der Waals surface area contributed by atoms with Crippen molar-refractivity contribution in [1.29, 1.82) is 0 Å². The molecule has 0 aliphatic heterocycles. The number of carbonyl (C=O) groups excluding carboxylic acids is 1. The van der Waals surface area contributed by atoms with Gasteiger partial charge in [-0.3, -0.25) is 14.5 Å².